The maximum Gasteiger partial charge on any atom is 0.170 e. The maximum absolute atomic E-state index is 14.7. The molecule has 1 heterocycles. The van der Waals surface area contributed by atoms with E-state index in [1.807, 2.05) is 0 Å². The number of carbonyl (C=O) groups excluding carboxylic acids is 1. The van der Waals surface area contributed by atoms with Gasteiger partial charge in [0.25, 0.3) is 0 Å². The average molecular weight is 436 g/mol. The van der Waals surface area contributed by atoms with E-state index in [0.717, 1.165) is 12.1 Å². The minimum absolute atomic E-state index is 0.0192. The third kappa shape index (κ3) is 3.76. The molecule has 0 saturated carbocycles. The van der Waals surface area contributed by atoms with Gasteiger partial charge in [-0.3, -0.25) is 14.0 Å². The molecule has 0 aromatic heterocycles. The molecule has 160 valence electrons. The molecule has 2 aromatic rings. The van der Waals surface area contributed by atoms with Crippen molar-refractivity contribution < 1.29 is 22.2 Å². The molecule has 0 aliphatic carbocycles. The lowest BCUT2D eigenvalue weighted by atomic mass is 9.90. The number of hydrogen-bond acceptors (Lipinski definition) is 4. The van der Waals surface area contributed by atoms with Gasteiger partial charge < -0.3 is 5.73 Å². The topological polar surface area (TPSA) is 72.5 Å². The highest BCUT2D eigenvalue weighted by Crippen LogP contribution is 2.38. The Morgan fingerprint density at radius 1 is 1.13 bits per heavy atom. The zero-order valence-corrected chi connectivity index (χ0v) is 17.8. The minimum atomic E-state index is -2.75. The van der Waals surface area contributed by atoms with E-state index < -0.39 is 43.0 Å². The molecule has 4 nitrogen and oxygen atoms in total. The largest absolute Gasteiger partial charge is 0.386 e. The lowest BCUT2D eigenvalue weighted by molar-refractivity contribution is 0.0989. The van der Waals surface area contributed by atoms with E-state index in [1.165, 1.54) is 18.2 Å². The smallest absolute Gasteiger partial charge is 0.170 e. The Labute approximate surface area is 174 Å². The van der Waals surface area contributed by atoms with Crippen LogP contribution in [0.4, 0.5) is 13.2 Å². The van der Waals surface area contributed by atoms with Crippen molar-refractivity contribution in [3.8, 4) is 0 Å². The zero-order valence-electron chi connectivity index (χ0n) is 17.0. The first-order valence-corrected chi connectivity index (χ1v) is 11.1. The summed E-state index contributed by atoms with van der Waals surface area (Å²) in [6, 6.07) is 6.74. The van der Waals surface area contributed by atoms with Crippen molar-refractivity contribution in [1.29, 1.82) is 0 Å². The van der Waals surface area contributed by atoms with Gasteiger partial charge in [-0.15, -0.1) is 0 Å². The molecule has 0 spiro atoms. The fraction of sp³-hybridized carbons (Fsp3) is 0.318. The molecule has 0 amide bonds. The summed E-state index contributed by atoms with van der Waals surface area (Å²) in [4.78, 5) is 16.9. The number of hydrogen-bond donors (Lipinski definition) is 1. The van der Waals surface area contributed by atoms with Crippen LogP contribution in [0.15, 0.2) is 41.4 Å². The fourth-order valence-corrected chi connectivity index (χ4v) is 5.40. The van der Waals surface area contributed by atoms with Crippen LogP contribution in [0.3, 0.4) is 0 Å². The van der Waals surface area contributed by atoms with Crippen molar-refractivity contribution in [1.82, 2.24) is 0 Å². The summed E-state index contributed by atoms with van der Waals surface area (Å²) in [5.74, 6) is 1.01. The number of nitrogens with two attached hydrogens (primary N) is 1. The van der Waals surface area contributed by atoms with Crippen LogP contribution in [0.2, 0.25) is 0 Å². The number of ketones is 1. The summed E-state index contributed by atoms with van der Waals surface area (Å²) in [6.45, 7) is 4.98. The van der Waals surface area contributed by atoms with E-state index in [2.05, 4.69) is 10.9 Å². The van der Waals surface area contributed by atoms with Gasteiger partial charge in [0.2, 0.25) is 0 Å². The molecule has 0 bridgehead atoms. The number of halogens is 3. The lowest BCUT2D eigenvalue weighted by Crippen LogP contribution is -2.54. The first-order chi connectivity index (χ1) is 13.8. The van der Waals surface area contributed by atoms with Gasteiger partial charge in [0, 0.05) is 23.8 Å². The predicted octanol–water partition coefficient (Wildman–Crippen LogP) is 3.61. The van der Waals surface area contributed by atoms with Gasteiger partial charge in [-0.25, -0.2) is 13.2 Å². The van der Waals surface area contributed by atoms with Crippen molar-refractivity contribution in [3.05, 3.63) is 70.5 Å². The molecule has 2 atom stereocenters. The summed E-state index contributed by atoms with van der Waals surface area (Å²) in [5.41, 5.74) is 5.11. The van der Waals surface area contributed by atoms with Gasteiger partial charge in [0.1, 0.15) is 23.3 Å². The molecule has 8 heteroatoms. The van der Waals surface area contributed by atoms with Crippen LogP contribution in [0.25, 0.3) is 0 Å². The highest BCUT2D eigenvalue weighted by atomic mass is 32.2. The number of Topliss-reactive ketones (excluding diaryl/α,β-unsaturated/α-hetero) is 1. The van der Waals surface area contributed by atoms with E-state index in [9.17, 15) is 22.2 Å². The van der Waals surface area contributed by atoms with Crippen molar-refractivity contribution in [2.45, 2.75) is 37.5 Å². The summed E-state index contributed by atoms with van der Waals surface area (Å²) in [5, 5.41) is 0. The van der Waals surface area contributed by atoms with Gasteiger partial charge in [-0.1, -0.05) is 6.07 Å². The Morgan fingerprint density at radius 3 is 2.40 bits per heavy atom. The third-order valence-electron chi connectivity index (χ3n) is 5.64. The molecule has 1 aliphatic heterocycles. The minimum Gasteiger partial charge on any atom is -0.386 e. The molecular formula is C22H23F3N2O2S. The van der Waals surface area contributed by atoms with Gasteiger partial charge in [0.15, 0.2) is 5.78 Å². The highest BCUT2D eigenvalue weighted by molar-refractivity contribution is 8.02. The third-order valence-corrected chi connectivity index (χ3v) is 8.73. The van der Waals surface area contributed by atoms with Crippen molar-refractivity contribution in [2.24, 2.45) is 10.7 Å². The summed E-state index contributed by atoms with van der Waals surface area (Å²) in [7, 11) is -2.75. The van der Waals surface area contributed by atoms with Gasteiger partial charge in [0.05, 0.1) is 15.8 Å². The zero-order chi connectivity index (χ0) is 22.5. The average Bonchev–Trinajstić information content (AvgIpc) is 2.61. The summed E-state index contributed by atoms with van der Waals surface area (Å²) < 4.78 is 54.0. The molecule has 3 rings (SSSR count). The molecule has 2 N–H and O–H groups in total. The van der Waals surface area contributed by atoms with Gasteiger partial charge >= 0.3 is 0 Å². The number of rotatable bonds is 4. The molecule has 0 radical (unpaired) electrons. The first-order valence-electron chi connectivity index (χ1n) is 9.24. The second kappa shape index (κ2) is 7.27. The molecule has 30 heavy (non-hydrogen) atoms. The second-order valence-electron chi connectivity index (χ2n) is 8.28. The second-order valence-corrected chi connectivity index (χ2v) is 11.2. The van der Waals surface area contributed by atoms with E-state index in [4.69, 9.17) is 5.73 Å². The Bertz CT molecular complexity index is 1170. The monoisotopic (exact) mass is 436 g/mol. The molecule has 2 aromatic carbocycles. The van der Waals surface area contributed by atoms with Crippen LogP contribution < -0.4 is 5.73 Å². The predicted molar refractivity (Wildman–Crippen MR) is 114 cm³/mol. The molecule has 1 unspecified atom stereocenters. The van der Waals surface area contributed by atoms with Crippen molar-refractivity contribution in [3.63, 3.8) is 0 Å². The Hall–Kier alpha value is -2.61. The lowest BCUT2D eigenvalue weighted by Gasteiger charge is -2.41. The van der Waals surface area contributed by atoms with Crippen molar-refractivity contribution in [2.75, 3.05) is 5.75 Å². The maximum atomic E-state index is 14.7. The Morgan fingerprint density at radius 2 is 1.80 bits per heavy atom. The van der Waals surface area contributed by atoms with E-state index in [0.29, 0.717) is 11.6 Å². The molecular weight excluding hydrogens is 413 g/mol. The van der Waals surface area contributed by atoms with Gasteiger partial charge in [-0.2, -0.15) is 0 Å². The molecule has 0 saturated heterocycles. The number of benzene rings is 2. The van der Waals surface area contributed by atoms with Crippen LogP contribution in [-0.2, 0) is 21.5 Å². The highest BCUT2D eigenvalue weighted by Gasteiger charge is 2.45. The Kier molecular flexibility index (Phi) is 5.35. The fourth-order valence-electron chi connectivity index (χ4n) is 3.49. The normalized spacial score (nSPS) is 25.6. The van der Waals surface area contributed by atoms with Crippen LogP contribution in [0, 0.1) is 17.5 Å². The summed E-state index contributed by atoms with van der Waals surface area (Å²) >= 11 is 0. The number of nitrogens with zero attached hydrogens (tertiary/aromatic N) is 1. The van der Waals surface area contributed by atoms with Crippen LogP contribution in [0.5, 0.6) is 0 Å². The van der Waals surface area contributed by atoms with E-state index >= 15 is 0 Å². The van der Waals surface area contributed by atoms with E-state index in [-0.39, 0.29) is 29.1 Å². The van der Waals surface area contributed by atoms with Crippen LogP contribution in [0.1, 0.15) is 42.3 Å². The summed E-state index contributed by atoms with van der Waals surface area (Å²) in [6.07, 6.45) is -0.226. The first kappa shape index (κ1) is 22.1. The van der Waals surface area contributed by atoms with E-state index in [1.54, 1.807) is 20.8 Å². The van der Waals surface area contributed by atoms with Crippen LogP contribution >= 0.6 is 0 Å². The molecule has 1 aliphatic rings. The SMILES string of the molecule is C=S1(=O)C[C@@](C)(c2cc(CC(=O)c3ccc(F)cc3F)ccc2F)N=C(N)C1(C)C. The standard InChI is InChI=1S/C22H23F3N2O2S/c1-21(2)20(26)27-22(3,12-30(21,4)29)16-9-13(5-8-17(16)24)10-19(28)15-7-6-14(23)11-18(15)25/h5-9,11H,4,10,12H2,1-3H3,(H2,26,27)/t22-,30?/m0/s1. The van der Waals surface area contributed by atoms with Crippen molar-refractivity contribution >= 4 is 27.0 Å². The number of aliphatic imine (C=N–C) groups is 1. The quantitative estimate of drug-likeness (QED) is 0.588. The number of amidine groups is 1. The van der Waals surface area contributed by atoms with Crippen LogP contribution in [-0.4, -0.2) is 32.2 Å². The molecule has 0 fully saturated rings. The van der Waals surface area contributed by atoms with Gasteiger partial charge in [-0.05, 0) is 66.0 Å². The number of carbonyl (C=O) groups is 1. The Balaban J connectivity index is 2.00.